The molecule has 4 nitrogen and oxygen atoms in total. The number of carbonyl (C=O) groups is 1. The molecule has 0 aliphatic heterocycles. The molecule has 1 amide bonds. The third-order valence-electron chi connectivity index (χ3n) is 3.82. The van der Waals surface area contributed by atoms with Crippen LogP contribution in [0.15, 0.2) is 18.3 Å². The lowest BCUT2D eigenvalue weighted by Crippen LogP contribution is -2.26. The van der Waals surface area contributed by atoms with Crippen molar-refractivity contribution in [2.75, 3.05) is 5.32 Å². The van der Waals surface area contributed by atoms with Crippen molar-refractivity contribution in [3.63, 3.8) is 0 Å². The third-order valence-corrected chi connectivity index (χ3v) is 3.82. The van der Waals surface area contributed by atoms with Crippen molar-refractivity contribution in [2.45, 2.75) is 45.1 Å². The van der Waals surface area contributed by atoms with Gasteiger partial charge in [0.1, 0.15) is 5.82 Å². The van der Waals surface area contributed by atoms with Crippen LogP contribution >= 0.6 is 0 Å². The van der Waals surface area contributed by atoms with Crippen molar-refractivity contribution in [1.29, 1.82) is 0 Å². The molecule has 18 heavy (non-hydrogen) atoms. The lowest BCUT2D eigenvalue weighted by Gasteiger charge is -2.28. The van der Waals surface area contributed by atoms with E-state index in [-0.39, 0.29) is 0 Å². The quantitative estimate of drug-likeness (QED) is 0.859. The molecule has 1 aromatic rings. The average Bonchev–Trinajstić information content (AvgIpc) is 2.40. The summed E-state index contributed by atoms with van der Waals surface area (Å²) >= 11 is 0. The number of hydrogen-bond donors (Lipinski definition) is 2. The minimum Gasteiger partial charge on any atom is -0.367 e. The topological polar surface area (TPSA) is 68.0 Å². The number of carbonyl (C=O) groups excluding carboxylic acids is 1. The van der Waals surface area contributed by atoms with Crippen LogP contribution in [0.25, 0.3) is 0 Å². The van der Waals surface area contributed by atoms with Crippen molar-refractivity contribution in [3.05, 3.63) is 23.9 Å². The van der Waals surface area contributed by atoms with Crippen LogP contribution in [0.5, 0.6) is 0 Å². The van der Waals surface area contributed by atoms with E-state index in [0.29, 0.717) is 11.6 Å². The Hall–Kier alpha value is -1.58. The van der Waals surface area contributed by atoms with Gasteiger partial charge in [0.15, 0.2) is 0 Å². The fourth-order valence-electron chi connectivity index (χ4n) is 2.55. The fraction of sp³-hybridized carbons (Fsp3) is 0.571. The normalized spacial score (nSPS) is 23.6. The third kappa shape index (κ3) is 3.22. The molecule has 0 saturated heterocycles. The number of nitrogens with two attached hydrogens (primary N) is 1. The van der Waals surface area contributed by atoms with Crippen LogP contribution in [0.4, 0.5) is 5.82 Å². The first-order valence-electron chi connectivity index (χ1n) is 6.71. The predicted octanol–water partition coefficient (Wildman–Crippen LogP) is 2.56. The Morgan fingerprint density at radius 1 is 1.39 bits per heavy atom. The highest BCUT2D eigenvalue weighted by molar-refractivity contribution is 5.92. The van der Waals surface area contributed by atoms with Gasteiger partial charge in [0.05, 0.1) is 5.56 Å². The van der Waals surface area contributed by atoms with Gasteiger partial charge in [0.25, 0.3) is 0 Å². The molecule has 0 bridgehead atoms. The molecule has 3 N–H and O–H groups in total. The van der Waals surface area contributed by atoms with Gasteiger partial charge in [0.2, 0.25) is 5.91 Å². The van der Waals surface area contributed by atoms with Gasteiger partial charge in [-0.3, -0.25) is 4.79 Å². The van der Waals surface area contributed by atoms with E-state index in [1.54, 1.807) is 6.07 Å². The number of amides is 1. The standard InChI is InChI=1S/C14H21N3O/c1-2-10-3-6-12(7-4-10)17-13-8-5-11(9-16-13)14(15)18/h5,8-10,12H,2-4,6-7H2,1H3,(H2,15,18)(H,16,17)/t10-,12-. The molecule has 0 aromatic carbocycles. The van der Waals surface area contributed by atoms with Crippen LogP contribution in [-0.2, 0) is 0 Å². The van der Waals surface area contributed by atoms with E-state index < -0.39 is 5.91 Å². The molecule has 1 aliphatic rings. The smallest absolute Gasteiger partial charge is 0.250 e. The van der Waals surface area contributed by atoms with Crippen molar-refractivity contribution >= 4 is 11.7 Å². The molecule has 1 aliphatic carbocycles. The second kappa shape index (κ2) is 5.85. The first kappa shape index (κ1) is 12.9. The summed E-state index contributed by atoms with van der Waals surface area (Å²) in [5.41, 5.74) is 5.63. The summed E-state index contributed by atoms with van der Waals surface area (Å²) in [5, 5.41) is 3.43. The maximum atomic E-state index is 10.9. The van der Waals surface area contributed by atoms with Crippen LogP contribution in [0, 0.1) is 5.92 Å². The van der Waals surface area contributed by atoms with E-state index in [2.05, 4.69) is 17.2 Å². The monoisotopic (exact) mass is 247 g/mol. The zero-order valence-corrected chi connectivity index (χ0v) is 10.9. The fourth-order valence-corrected chi connectivity index (χ4v) is 2.55. The Kier molecular flexibility index (Phi) is 4.18. The molecule has 1 heterocycles. The number of hydrogen-bond acceptors (Lipinski definition) is 3. The van der Waals surface area contributed by atoms with Gasteiger partial charge in [-0.25, -0.2) is 4.98 Å². The summed E-state index contributed by atoms with van der Waals surface area (Å²) in [7, 11) is 0. The molecule has 0 radical (unpaired) electrons. The molecular formula is C14H21N3O. The lowest BCUT2D eigenvalue weighted by atomic mass is 9.84. The number of nitrogens with one attached hydrogen (secondary N) is 1. The van der Waals surface area contributed by atoms with Crippen molar-refractivity contribution < 1.29 is 4.79 Å². The molecule has 0 atom stereocenters. The number of rotatable bonds is 4. The minimum absolute atomic E-state index is 0.433. The number of nitrogens with zero attached hydrogens (tertiary/aromatic N) is 1. The van der Waals surface area contributed by atoms with E-state index in [1.165, 1.54) is 38.3 Å². The van der Waals surface area contributed by atoms with E-state index in [0.717, 1.165) is 11.7 Å². The second-order valence-corrected chi connectivity index (χ2v) is 5.07. The molecule has 0 spiro atoms. The second-order valence-electron chi connectivity index (χ2n) is 5.07. The van der Waals surface area contributed by atoms with Gasteiger partial charge in [-0.05, 0) is 43.7 Å². The van der Waals surface area contributed by atoms with Crippen LogP contribution in [0.1, 0.15) is 49.4 Å². The Labute approximate surface area is 108 Å². The Balaban J connectivity index is 1.88. The van der Waals surface area contributed by atoms with Gasteiger partial charge in [-0.1, -0.05) is 13.3 Å². The summed E-state index contributed by atoms with van der Waals surface area (Å²) in [6.45, 7) is 2.27. The maximum Gasteiger partial charge on any atom is 0.250 e. The molecular weight excluding hydrogens is 226 g/mol. The van der Waals surface area contributed by atoms with Gasteiger partial charge < -0.3 is 11.1 Å². The maximum absolute atomic E-state index is 10.9. The first-order valence-corrected chi connectivity index (χ1v) is 6.71. The van der Waals surface area contributed by atoms with Crippen LogP contribution in [0.3, 0.4) is 0 Å². The van der Waals surface area contributed by atoms with Gasteiger partial charge >= 0.3 is 0 Å². The van der Waals surface area contributed by atoms with Gasteiger partial charge in [-0.2, -0.15) is 0 Å². The van der Waals surface area contributed by atoms with E-state index in [4.69, 9.17) is 5.73 Å². The molecule has 98 valence electrons. The SMILES string of the molecule is CC[C@H]1CC[C@H](Nc2ccc(C(N)=O)cn2)CC1. The molecule has 1 saturated carbocycles. The van der Waals surface area contributed by atoms with E-state index in [1.807, 2.05) is 6.07 Å². The summed E-state index contributed by atoms with van der Waals surface area (Å²) in [4.78, 5) is 15.2. The first-order chi connectivity index (χ1) is 8.69. The van der Waals surface area contributed by atoms with E-state index in [9.17, 15) is 4.79 Å². The highest BCUT2D eigenvalue weighted by Crippen LogP contribution is 2.28. The average molecular weight is 247 g/mol. The van der Waals surface area contributed by atoms with Crippen molar-refractivity contribution in [2.24, 2.45) is 11.7 Å². The van der Waals surface area contributed by atoms with Gasteiger partial charge in [-0.15, -0.1) is 0 Å². The number of primary amides is 1. The zero-order chi connectivity index (χ0) is 13.0. The van der Waals surface area contributed by atoms with Crippen LogP contribution in [0.2, 0.25) is 0 Å². The van der Waals surface area contributed by atoms with Crippen LogP contribution in [-0.4, -0.2) is 16.9 Å². The number of anilines is 1. The molecule has 0 unspecified atom stereocenters. The predicted molar refractivity (Wildman–Crippen MR) is 72.4 cm³/mol. The summed E-state index contributed by atoms with van der Waals surface area (Å²) in [5.74, 6) is 1.30. The van der Waals surface area contributed by atoms with E-state index >= 15 is 0 Å². The molecule has 1 aromatic heterocycles. The largest absolute Gasteiger partial charge is 0.367 e. The highest BCUT2D eigenvalue weighted by Gasteiger charge is 2.19. The summed E-state index contributed by atoms with van der Waals surface area (Å²) in [6.07, 6.45) is 7.83. The minimum atomic E-state index is -0.433. The van der Waals surface area contributed by atoms with Crippen LogP contribution < -0.4 is 11.1 Å². The molecule has 4 heteroatoms. The Morgan fingerprint density at radius 3 is 2.61 bits per heavy atom. The Bertz CT molecular complexity index is 394. The summed E-state index contributed by atoms with van der Waals surface area (Å²) < 4.78 is 0. The lowest BCUT2D eigenvalue weighted by molar-refractivity contribution is 0.1000. The molecule has 2 rings (SSSR count). The van der Waals surface area contributed by atoms with Crippen molar-refractivity contribution in [1.82, 2.24) is 4.98 Å². The highest BCUT2D eigenvalue weighted by atomic mass is 16.1. The summed E-state index contributed by atoms with van der Waals surface area (Å²) in [6, 6.07) is 4.06. The van der Waals surface area contributed by atoms with Gasteiger partial charge in [0, 0.05) is 12.2 Å². The molecule has 1 fully saturated rings. The van der Waals surface area contributed by atoms with Crippen molar-refractivity contribution in [3.8, 4) is 0 Å². The zero-order valence-electron chi connectivity index (χ0n) is 10.9. The Morgan fingerprint density at radius 2 is 2.11 bits per heavy atom. The number of pyridine rings is 1. The number of aromatic nitrogens is 1.